The maximum atomic E-state index is 14.3. The molecular formula is C36H45IN6O7. The lowest BCUT2D eigenvalue weighted by molar-refractivity contribution is 0.0211. The van der Waals surface area contributed by atoms with Crippen molar-refractivity contribution in [3.8, 4) is 0 Å². The predicted octanol–water partition coefficient (Wildman–Crippen LogP) is 8.27. The summed E-state index contributed by atoms with van der Waals surface area (Å²) in [6.07, 6.45) is 0.682. The molecular weight excluding hydrogens is 755 g/mol. The number of aromatic nitrogens is 4. The fourth-order valence-corrected chi connectivity index (χ4v) is 6.97. The van der Waals surface area contributed by atoms with Crippen LogP contribution in [0.4, 0.5) is 20.2 Å². The second-order valence-electron chi connectivity index (χ2n) is 15.5. The third-order valence-electron chi connectivity index (χ3n) is 7.87. The van der Waals surface area contributed by atoms with Crippen molar-refractivity contribution in [2.75, 3.05) is 11.4 Å². The number of fused-ring (bicyclic) bond motifs is 2. The smallest absolute Gasteiger partial charge is 0.423 e. The van der Waals surface area contributed by atoms with Crippen molar-refractivity contribution in [2.24, 2.45) is 7.05 Å². The zero-order valence-electron chi connectivity index (χ0n) is 30.5. The number of likely N-dealkylation sites (tertiary alicyclic amines) is 1. The van der Waals surface area contributed by atoms with Gasteiger partial charge in [0.2, 0.25) is 0 Å². The van der Waals surface area contributed by atoms with Crippen LogP contribution in [-0.4, -0.2) is 71.8 Å². The van der Waals surface area contributed by atoms with Crippen LogP contribution in [-0.2, 0) is 21.3 Å². The van der Waals surface area contributed by atoms with Gasteiger partial charge in [0.15, 0.2) is 0 Å². The molecule has 268 valence electrons. The number of halogens is 1. The van der Waals surface area contributed by atoms with E-state index in [1.54, 1.807) is 97.1 Å². The Morgan fingerprint density at radius 3 is 2.10 bits per heavy atom. The molecule has 1 aromatic carbocycles. The molecule has 0 spiro atoms. The number of amides is 3. The van der Waals surface area contributed by atoms with Crippen molar-refractivity contribution in [1.82, 2.24) is 24.2 Å². The van der Waals surface area contributed by atoms with Gasteiger partial charge in [-0.15, -0.1) is 0 Å². The summed E-state index contributed by atoms with van der Waals surface area (Å²) >= 11 is 2.15. The molecule has 1 saturated heterocycles. The van der Waals surface area contributed by atoms with Gasteiger partial charge in [0.25, 0.3) is 5.91 Å². The fraction of sp³-hybridized carbons (Fsp3) is 0.500. The molecule has 0 bridgehead atoms. The Morgan fingerprint density at radius 2 is 1.48 bits per heavy atom. The summed E-state index contributed by atoms with van der Waals surface area (Å²) in [4.78, 5) is 62.7. The average molecular weight is 801 g/mol. The summed E-state index contributed by atoms with van der Waals surface area (Å²) in [5.41, 5.74) is 0.104. The van der Waals surface area contributed by atoms with Crippen molar-refractivity contribution < 1.29 is 33.4 Å². The predicted molar refractivity (Wildman–Crippen MR) is 197 cm³/mol. The van der Waals surface area contributed by atoms with Gasteiger partial charge < -0.3 is 14.2 Å². The molecule has 0 N–H and O–H groups in total. The van der Waals surface area contributed by atoms with Crippen LogP contribution in [0.25, 0.3) is 21.8 Å². The highest BCUT2D eigenvalue weighted by molar-refractivity contribution is 14.1. The number of carbonyl (C=O) groups excluding carboxylic acids is 4. The van der Waals surface area contributed by atoms with Crippen molar-refractivity contribution in [1.29, 1.82) is 0 Å². The second kappa shape index (κ2) is 13.2. The molecule has 14 heteroatoms. The quantitative estimate of drug-likeness (QED) is 0.148. The van der Waals surface area contributed by atoms with E-state index in [4.69, 9.17) is 14.2 Å². The van der Waals surface area contributed by atoms with Gasteiger partial charge in [-0.3, -0.25) is 14.4 Å². The lowest BCUT2D eigenvalue weighted by Crippen LogP contribution is -2.41. The molecule has 0 radical (unpaired) electrons. The molecule has 50 heavy (non-hydrogen) atoms. The zero-order valence-corrected chi connectivity index (χ0v) is 32.7. The molecule has 0 saturated carbocycles. The maximum Gasteiger partial charge on any atom is 0.423 e. The highest BCUT2D eigenvalue weighted by Gasteiger charge is 2.40. The number of pyridine rings is 1. The van der Waals surface area contributed by atoms with Crippen LogP contribution in [0.15, 0.2) is 30.5 Å². The fourth-order valence-electron chi connectivity index (χ4n) is 5.95. The number of hydrogen-bond donors (Lipinski definition) is 0. The highest BCUT2D eigenvalue weighted by Crippen LogP contribution is 2.41. The molecule has 0 aliphatic carbocycles. The van der Waals surface area contributed by atoms with Gasteiger partial charge in [-0.25, -0.2) is 23.9 Å². The van der Waals surface area contributed by atoms with Crippen molar-refractivity contribution in [3.05, 3.63) is 51.0 Å². The molecule has 3 amide bonds. The molecule has 5 rings (SSSR count). The SMILES string of the molecule is Cc1nn(C)c2cc(C(=O)N(C(=O)OC(C)(C)C)c3cc4c(cn3)c(I)c([C@H]3CCCN3C(=O)OC(C)(C)C)n4C(=O)OC(C)(C)C)ccc12. The van der Waals surface area contributed by atoms with Crippen LogP contribution in [0, 0.1) is 10.5 Å². The molecule has 0 unspecified atom stereocenters. The standard InChI is InChI=1S/C36H45IN6O7/c1-20-22-15-14-21(17-25(22)40(11)39-20)30(44)43(33(47)50-36(8,9)10)27-18-26-23(19-38-27)28(37)29(42(26)32(46)49-35(5,6)7)24-13-12-16-41(24)31(45)48-34(2,3)4/h14-15,17-19,24H,12-13,16H2,1-11H3/t24-/m1/s1. The minimum Gasteiger partial charge on any atom is -0.444 e. The highest BCUT2D eigenvalue weighted by atomic mass is 127. The number of hydrogen-bond acceptors (Lipinski definition) is 9. The number of carbonyl (C=O) groups is 4. The van der Waals surface area contributed by atoms with Gasteiger partial charge in [-0.05, 0) is 117 Å². The average Bonchev–Trinajstić information content (AvgIpc) is 3.64. The Kier molecular flexibility index (Phi) is 9.75. The summed E-state index contributed by atoms with van der Waals surface area (Å²) in [5, 5.41) is 5.90. The first-order chi connectivity index (χ1) is 23.1. The van der Waals surface area contributed by atoms with Crippen LogP contribution < -0.4 is 4.90 Å². The first kappa shape index (κ1) is 37.1. The zero-order chi connectivity index (χ0) is 37.1. The minimum absolute atomic E-state index is 0.0567. The van der Waals surface area contributed by atoms with E-state index in [1.165, 1.54) is 16.8 Å². The number of nitrogens with zero attached hydrogens (tertiary/aromatic N) is 6. The lowest BCUT2D eigenvalue weighted by Gasteiger charge is -2.30. The Balaban J connectivity index is 1.70. The van der Waals surface area contributed by atoms with E-state index in [9.17, 15) is 19.2 Å². The number of ether oxygens (including phenoxy) is 3. The number of anilines is 1. The van der Waals surface area contributed by atoms with E-state index in [-0.39, 0.29) is 11.4 Å². The summed E-state index contributed by atoms with van der Waals surface area (Å²) in [5.74, 6) is -0.734. The van der Waals surface area contributed by atoms with E-state index in [1.807, 2.05) is 6.92 Å². The van der Waals surface area contributed by atoms with Crippen LogP contribution in [0.5, 0.6) is 0 Å². The number of benzene rings is 1. The van der Waals surface area contributed by atoms with Gasteiger partial charge in [0.1, 0.15) is 22.6 Å². The summed E-state index contributed by atoms with van der Waals surface area (Å²) in [7, 11) is 1.78. The summed E-state index contributed by atoms with van der Waals surface area (Å²) in [6.45, 7) is 18.1. The molecule has 1 aliphatic heterocycles. The Hall–Kier alpha value is -4.21. The Labute approximate surface area is 305 Å². The van der Waals surface area contributed by atoms with Crippen molar-refractivity contribution in [2.45, 2.75) is 105 Å². The first-order valence-corrected chi connectivity index (χ1v) is 17.6. The lowest BCUT2D eigenvalue weighted by atomic mass is 10.1. The van der Waals surface area contributed by atoms with Crippen molar-refractivity contribution >= 4 is 74.4 Å². The van der Waals surface area contributed by atoms with Gasteiger partial charge in [-0.1, -0.05) is 6.07 Å². The normalized spacial score (nSPS) is 15.4. The molecule has 13 nitrogen and oxygen atoms in total. The van der Waals surface area contributed by atoms with Crippen molar-refractivity contribution in [3.63, 3.8) is 0 Å². The largest absolute Gasteiger partial charge is 0.444 e. The molecule has 3 aromatic heterocycles. The van der Waals surface area contributed by atoms with E-state index in [0.29, 0.717) is 45.1 Å². The van der Waals surface area contributed by atoms with Crippen LogP contribution in [0.2, 0.25) is 0 Å². The topological polar surface area (TPSA) is 138 Å². The van der Waals surface area contributed by atoms with Gasteiger partial charge >= 0.3 is 18.3 Å². The number of aryl methyl sites for hydroxylation is 2. The van der Waals surface area contributed by atoms with Gasteiger partial charge in [-0.2, -0.15) is 10.00 Å². The van der Waals surface area contributed by atoms with Gasteiger partial charge in [0, 0.05) is 45.8 Å². The second-order valence-corrected chi connectivity index (χ2v) is 16.5. The maximum absolute atomic E-state index is 14.3. The Morgan fingerprint density at radius 1 is 0.860 bits per heavy atom. The van der Waals surface area contributed by atoms with Crippen LogP contribution >= 0.6 is 22.6 Å². The monoisotopic (exact) mass is 800 g/mol. The summed E-state index contributed by atoms with van der Waals surface area (Å²) < 4.78 is 21.1. The summed E-state index contributed by atoms with van der Waals surface area (Å²) in [6, 6.07) is 6.08. The number of imide groups is 1. The number of rotatable bonds is 3. The first-order valence-electron chi connectivity index (χ1n) is 16.5. The molecule has 4 heterocycles. The molecule has 1 atom stereocenters. The van der Waals surface area contributed by atoms with E-state index in [0.717, 1.165) is 16.0 Å². The van der Waals surface area contributed by atoms with E-state index >= 15 is 0 Å². The Bertz CT molecular complexity index is 2010. The van der Waals surface area contributed by atoms with E-state index in [2.05, 4.69) is 32.7 Å². The van der Waals surface area contributed by atoms with E-state index < -0.39 is 47.0 Å². The third kappa shape index (κ3) is 7.59. The van der Waals surface area contributed by atoms with Crippen LogP contribution in [0.3, 0.4) is 0 Å². The third-order valence-corrected chi connectivity index (χ3v) is 9.01. The molecule has 1 aliphatic rings. The molecule has 4 aromatic rings. The minimum atomic E-state index is -0.937. The van der Waals surface area contributed by atoms with Crippen LogP contribution in [0.1, 0.15) is 103 Å². The molecule has 1 fully saturated rings. The van der Waals surface area contributed by atoms with Gasteiger partial charge in [0.05, 0.1) is 28.5 Å².